The molecule has 0 aromatic heterocycles. The second-order valence-electron chi connectivity index (χ2n) is 6.74. The van der Waals surface area contributed by atoms with E-state index in [1.54, 1.807) is 24.0 Å². The van der Waals surface area contributed by atoms with Crippen LogP contribution in [0.25, 0.3) is 0 Å². The average Bonchev–Trinajstić information content (AvgIpc) is 2.57. The van der Waals surface area contributed by atoms with E-state index in [4.69, 9.17) is 4.74 Å². The van der Waals surface area contributed by atoms with Gasteiger partial charge in [-0.3, -0.25) is 4.79 Å². The zero-order valence-corrected chi connectivity index (χ0v) is 15.1. The Labute approximate surface area is 148 Å². The Morgan fingerprint density at radius 2 is 1.84 bits per heavy atom. The van der Waals surface area contributed by atoms with Gasteiger partial charge in [-0.2, -0.15) is 0 Å². The number of amides is 2. The smallest absolute Gasteiger partial charge is 0.409 e. The first kappa shape index (κ1) is 19.2. The number of nitrogens with one attached hydrogen (secondary N) is 1. The van der Waals surface area contributed by atoms with Crippen molar-refractivity contribution in [3.8, 4) is 0 Å². The van der Waals surface area contributed by atoms with Gasteiger partial charge in [0.15, 0.2) is 0 Å². The van der Waals surface area contributed by atoms with Gasteiger partial charge in [0.2, 0.25) is 5.91 Å². The van der Waals surface area contributed by atoms with Crippen molar-refractivity contribution in [3.05, 3.63) is 35.6 Å². The Morgan fingerprint density at radius 3 is 2.36 bits per heavy atom. The maximum absolute atomic E-state index is 13.1. The highest BCUT2D eigenvalue weighted by Gasteiger charge is 2.29. The van der Waals surface area contributed by atoms with Gasteiger partial charge in [0.1, 0.15) is 5.82 Å². The number of hydrogen-bond acceptors (Lipinski definition) is 3. The quantitative estimate of drug-likeness (QED) is 0.886. The number of ether oxygens (including phenoxy) is 1. The Kier molecular flexibility index (Phi) is 6.79. The van der Waals surface area contributed by atoms with Crippen molar-refractivity contribution in [2.24, 2.45) is 5.92 Å². The molecule has 0 saturated carbocycles. The first-order valence-corrected chi connectivity index (χ1v) is 8.90. The van der Waals surface area contributed by atoms with E-state index in [0.29, 0.717) is 32.5 Å². The fraction of sp³-hybridized carbons (Fsp3) is 0.579. The molecule has 0 spiro atoms. The standard InChI is InChI=1S/C19H27FN2O3/c1-4-25-19(24)22-11-9-16(10-12-22)21-18(23)17(13(2)3)14-5-7-15(20)8-6-14/h5-8,13,16-17H,4,9-12H2,1-3H3,(H,21,23). The number of carbonyl (C=O) groups is 2. The molecule has 1 aliphatic heterocycles. The highest BCUT2D eigenvalue weighted by molar-refractivity contribution is 5.84. The normalized spacial score (nSPS) is 16.6. The summed E-state index contributed by atoms with van der Waals surface area (Å²) in [5.74, 6) is -0.567. The lowest BCUT2D eigenvalue weighted by molar-refractivity contribution is -0.124. The third-order valence-electron chi connectivity index (χ3n) is 4.55. The Balaban J connectivity index is 1.94. The van der Waals surface area contributed by atoms with E-state index in [0.717, 1.165) is 5.56 Å². The number of likely N-dealkylation sites (tertiary alicyclic amines) is 1. The van der Waals surface area contributed by atoms with Gasteiger partial charge in [-0.15, -0.1) is 0 Å². The SMILES string of the molecule is CCOC(=O)N1CCC(NC(=O)C(c2ccc(F)cc2)C(C)C)CC1. The Morgan fingerprint density at radius 1 is 1.24 bits per heavy atom. The monoisotopic (exact) mass is 350 g/mol. The van der Waals surface area contributed by atoms with Crippen LogP contribution in [0.15, 0.2) is 24.3 Å². The van der Waals surface area contributed by atoms with Crippen molar-refractivity contribution in [2.45, 2.75) is 45.6 Å². The first-order chi connectivity index (χ1) is 11.9. The number of rotatable bonds is 5. The van der Waals surface area contributed by atoms with Crippen LogP contribution in [-0.2, 0) is 9.53 Å². The van der Waals surface area contributed by atoms with E-state index >= 15 is 0 Å². The van der Waals surface area contributed by atoms with Crippen LogP contribution in [0.1, 0.15) is 45.1 Å². The molecule has 1 fully saturated rings. The van der Waals surface area contributed by atoms with E-state index < -0.39 is 0 Å². The second-order valence-corrected chi connectivity index (χ2v) is 6.74. The summed E-state index contributed by atoms with van der Waals surface area (Å²) in [6.45, 7) is 7.27. The van der Waals surface area contributed by atoms with E-state index in [-0.39, 0.29) is 35.7 Å². The summed E-state index contributed by atoms with van der Waals surface area (Å²) in [6, 6.07) is 6.15. The van der Waals surface area contributed by atoms with Crippen LogP contribution >= 0.6 is 0 Å². The summed E-state index contributed by atoms with van der Waals surface area (Å²) in [7, 11) is 0. The van der Waals surface area contributed by atoms with Gasteiger partial charge in [0.05, 0.1) is 12.5 Å². The van der Waals surface area contributed by atoms with Gasteiger partial charge >= 0.3 is 6.09 Å². The molecule has 2 rings (SSSR count). The third kappa shape index (κ3) is 5.18. The molecule has 138 valence electrons. The van der Waals surface area contributed by atoms with Crippen LogP contribution in [0.5, 0.6) is 0 Å². The molecular formula is C19H27FN2O3. The summed E-state index contributed by atoms with van der Waals surface area (Å²) in [5, 5.41) is 3.09. The molecule has 1 atom stereocenters. The molecule has 1 unspecified atom stereocenters. The van der Waals surface area contributed by atoms with Gasteiger partial charge in [-0.25, -0.2) is 9.18 Å². The molecule has 0 radical (unpaired) electrons. The number of carbonyl (C=O) groups excluding carboxylic acids is 2. The lowest BCUT2D eigenvalue weighted by Crippen LogP contribution is -2.48. The molecule has 0 bridgehead atoms. The minimum Gasteiger partial charge on any atom is -0.450 e. The third-order valence-corrected chi connectivity index (χ3v) is 4.55. The van der Waals surface area contributed by atoms with Crippen molar-refractivity contribution in [2.75, 3.05) is 19.7 Å². The molecule has 0 aliphatic carbocycles. The van der Waals surface area contributed by atoms with Crippen molar-refractivity contribution >= 4 is 12.0 Å². The highest BCUT2D eigenvalue weighted by Crippen LogP contribution is 2.25. The van der Waals surface area contributed by atoms with Crippen molar-refractivity contribution in [1.29, 1.82) is 0 Å². The Hall–Kier alpha value is -2.11. The van der Waals surface area contributed by atoms with E-state index in [9.17, 15) is 14.0 Å². The summed E-state index contributed by atoms with van der Waals surface area (Å²) < 4.78 is 18.1. The van der Waals surface area contributed by atoms with Crippen molar-refractivity contribution in [1.82, 2.24) is 10.2 Å². The predicted octanol–water partition coefficient (Wildman–Crippen LogP) is 3.30. The summed E-state index contributed by atoms with van der Waals surface area (Å²) >= 11 is 0. The highest BCUT2D eigenvalue weighted by atomic mass is 19.1. The topological polar surface area (TPSA) is 58.6 Å². The molecular weight excluding hydrogens is 323 g/mol. The van der Waals surface area contributed by atoms with Crippen molar-refractivity contribution < 1.29 is 18.7 Å². The van der Waals surface area contributed by atoms with Crippen LogP contribution in [0.2, 0.25) is 0 Å². The fourth-order valence-corrected chi connectivity index (χ4v) is 3.22. The van der Waals surface area contributed by atoms with Crippen LogP contribution in [0.4, 0.5) is 9.18 Å². The summed E-state index contributed by atoms with van der Waals surface area (Å²) in [6.07, 6.45) is 1.12. The predicted molar refractivity (Wildman–Crippen MR) is 93.7 cm³/mol. The summed E-state index contributed by atoms with van der Waals surface area (Å²) in [5.41, 5.74) is 0.817. The summed E-state index contributed by atoms with van der Waals surface area (Å²) in [4.78, 5) is 26.1. The lowest BCUT2D eigenvalue weighted by Gasteiger charge is -2.33. The van der Waals surface area contributed by atoms with Crippen molar-refractivity contribution in [3.63, 3.8) is 0 Å². The van der Waals surface area contributed by atoms with Crippen LogP contribution in [-0.4, -0.2) is 42.6 Å². The maximum Gasteiger partial charge on any atom is 0.409 e. The van der Waals surface area contributed by atoms with Crippen LogP contribution in [0.3, 0.4) is 0 Å². The molecule has 25 heavy (non-hydrogen) atoms. The molecule has 1 N–H and O–H groups in total. The largest absolute Gasteiger partial charge is 0.450 e. The number of benzene rings is 1. The second kappa shape index (κ2) is 8.83. The maximum atomic E-state index is 13.1. The molecule has 1 aromatic carbocycles. The fourth-order valence-electron chi connectivity index (χ4n) is 3.22. The molecule has 2 amide bonds. The van der Waals surface area contributed by atoms with E-state index in [1.165, 1.54) is 12.1 Å². The van der Waals surface area contributed by atoms with Crippen LogP contribution < -0.4 is 5.32 Å². The molecule has 1 aliphatic rings. The zero-order valence-electron chi connectivity index (χ0n) is 15.1. The van der Waals surface area contributed by atoms with Crippen LogP contribution in [0, 0.1) is 11.7 Å². The molecule has 1 saturated heterocycles. The first-order valence-electron chi connectivity index (χ1n) is 8.90. The van der Waals surface area contributed by atoms with E-state index in [2.05, 4.69) is 5.32 Å². The zero-order chi connectivity index (χ0) is 18.4. The lowest BCUT2D eigenvalue weighted by atomic mass is 9.87. The number of halogens is 1. The molecule has 5 nitrogen and oxygen atoms in total. The van der Waals surface area contributed by atoms with Gasteiger partial charge in [0, 0.05) is 19.1 Å². The van der Waals surface area contributed by atoms with E-state index in [1.807, 2.05) is 13.8 Å². The minimum atomic E-state index is -0.316. The molecule has 6 heteroatoms. The minimum absolute atomic E-state index is 0.0416. The number of piperidine rings is 1. The average molecular weight is 350 g/mol. The van der Waals surface area contributed by atoms with Gasteiger partial charge in [-0.05, 0) is 43.4 Å². The number of hydrogen-bond donors (Lipinski definition) is 1. The molecule has 1 heterocycles. The van der Waals surface area contributed by atoms with Gasteiger partial charge < -0.3 is 15.0 Å². The molecule has 1 aromatic rings. The van der Waals surface area contributed by atoms with Gasteiger partial charge in [0.25, 0.3) is 0 Å². The van der Waals surface area contributed by atoms with Gasteiger partial charge in [-0.1, -0.05) is 26.0 Å². The Bertz CT molecular complexity index is 581. The number of nitrogens with zero attached hydrogens (tertiary/aromatic N) is 1.